The zero-order valence-corrected chi connectivity index (χ0v) is 13.0. The third-order valence-corrected chi connectivity index (χ3v) is 4.27. The van der Waals surface area contributed by atoms with Gasteiger partial charge in [-0.25, -0.2) is 0 Å². The normalized spacial score (nSPS) is 16.4. The van der Waals surface area contributed by atoms with Crippen LogP contribution in [-0.2, 0) is 12.8 Å². The molecule has 0 saturated carbocycles. The van der Waals surface area contributed by atoms with Gasteiger partial charge in [0.05, 0.1) is 0 Å². The summed E-state index contributed by atoms with van der Waals surface area (Å²) in [5.74, 6) is 0. The van der Waals surface area contributed by atoms with Crippen LogP contribution in [0, 0.1) is 0 Å². The minimum Gasteiger partial charge on any atom is -0.314 e. The number of nitrogens with zero attached hydrogens (tertiary/aromatic N) is 1. The van der Waals surface area contributed by atoms with E-state index in [1.165, 1.54) is 69.3 Å². The van der Waals surface area contributed by atoms with Gasteiger partial charge in [0, 0.05) is 32.7 Å². The van der Waals surface area contributed by atoms with E-state index in [4.69, 9.17) is 0 Å². The molecule has 0 spiro atoms. The molecule has 1 aliphatic rings. The Labute approximate surface area is 124 Å². The smallest absolute Gasteiger partial charge is 0.0108 e. The molecule has 0 amide bonds. The third kappa shape index (κ3) is 5.64. The number of aryl methyl sites for hydroxylation is 1. The molecule has 0 radical (unpaired) electrons. The monoisotopic (exact) mass is 274 g/mol. The Kier molecular flexibility index (Phi) is 7.10. The lowest BCUT2D eigenvalue weighted by Crippen LogP contribution is -2.44. The maximum absolute atomic E-state index is 3.41. The molecule has 1 N–H and O–H groups in total. The number of rotatable bonds is 8. The first-order valence-electron chi connectivity index (χ1n) is 8.39. The van der Waals surface area contributed by atoms with Gasteiger partial charge in [0.15, 0.2) is 0 Å². The van der Waals surface area contributed by atoms with Gasteiger partial charge in [0.1, 0.15) is 0 Å². The average Bonchev–Trinajstić information content (AvgIpc) is 2.52. The lowest BCUT2D eigenvalue weighted by Gasteiger charge is -2.27. The van der Waals surface area contributed by atoms with Gasteiger partial charge in [-0.3, -0.25) is 0 Å². The van der Waals surface area contributed by atoms with Crippen LogP contribution < -0.4 is 5.32 Å². The summed E-state index contributed by atoms with van der Waals surface area (Å²) in [6.07, 6.45) is 7.86. The molecule has 2 rings (SSSR count). The largest absolute Gasteiger partial charge is 0.314 e. The molecule has 2 nitrogen and oxygen atoms in total. The molecule has 0 unspecified atom stereocenters. The highest BCUT2D eigenvalue weighted by atomic mass is 15.2. The zero-order valence-electron chi connectivity index (χ0n) is 13.0. The number of unbranched alkanes of at least 4 members (excludes halogenated alkanes) is 3. The van der Waals surface area contributed by atoms with Crippen LogP contribution in [0.4, 0.5) is 0 Å². The van der Waals surface area contributed by atoms with E-state index in [2.05, 4.69) is 41.4 Å². The Bertz CT molecular complexity index is 352. The Morgan fingerprint density at radius 3 is 2.20 bits per heavy atom. The number of piperazine rings is 1. The van der Waals surface area contributed by atoms with E-state index < -0.39 is 0 Å². The summed E-state index contributed by atoms with van der Waals surface area (Å²) < 4.78 is 0. The van der Waals surface area contributed by atoms with Crippen molar-refractivity contribution in [3.8, 4) is 0 Å². The van der Waals surface area contributed by atoms with Crippen LogP contribution in [0.3, 0.4) is 0 Å². The van der Waals surface area contributed by atoms with Crippen molar-refractivity contribution in [2.45, 2.75) is 45.4 Å². The summed E-state index contributed by atoms with van der Waals surface area (Å²) in [4.78, 5) is 2.56. The first kappa shape index (κ1) is 15.5. The molecule has 20 heavy (non-hydrogen) atoms. The number of nitrogens with one attached hydrogen (secondary N) is 1. The molecule has 1 aliphatic heterocycles. The van der Waals surface area contributed by atoms with Crippen LogP contribution in [0.5, 0.6) is 0 Å². The van der Waals surface area contributed by atoms with Gasteiger partial charge < -0.3 is 10.2 Å². The van der Waals surface area contributed by atoms with Gasteiger partial charge in [-0.05, 0) is 30.4 Å². The highest BCUT2D eigenvalue weighted by Gasteiger charge is 2.08. The summed E-state index contributed by atoms with van der Waals surface area (Å²) in [5.41, 5.74) is 2.99. The second-order valence-corrected chi connectivity index (χ2v) is 5.97. The SMILES string of the molecule is CCCCCCc1ccc(CCN2CCNCC2)cc1. The first-order chi connectivity index (χ1) is 9.88. The summed E-state index contributed by atoms with van der Waals surface area (Å²) in [6.45, 7) is 8.18. The van der Waals surface area contributed by atoms with Crippen molar-refractivity contribution in [2.75, 3.05) is 32.7 Å². The Morgan fingerprint density at radius 1 is 0.900 bits per heavy atom. The Hall–Kier alpha value is -0.860. The van der Waals surface area contributed by atoms with Gasteiger partial charge in [0.25, 0.3) is 0 Å². The fourth-order valence-electron chi connectivity index (χ4n) is 2.85. The van der Waals surface area contributed by atoms with Gasteiger partial charge >= 0.3 is 0 Å². The maximum Gasteiger partial charge on any atom is 0.0108 e. The van der Waals surface area contributed by atoms with Crippen molar-refractivity contribution in [2.24, 2.45) is 0 Å². The van der Waals surface area contributed by atoms with Crippen molar-refractivity contribution in [1.29, 1.82) is 0 Å². The standard InChI is InChI=1S/C18H30N2/c1-2-3-4-5-6-17-7-9-18(10-8-17)11-14-20-15-12-19-13-16-20/h7-10,19H,2-6,11-16H2,1H3. The van der Waals surface area contributed by atoms with Crippen LogP contribution in [0.2, 0.25) is 0 Å². The second-order valence-electron chi connectivity index (χ2n) is 5.97. The first-order valence-corrected chi connectivity index (χ1v) is 8.39. The molecule has 1 saturated heterocycles. The van der Waals surface area contributed by atoms with Gasteiger partial charge in [-0.2, -0.15) is 0 Å². The molecule has 0 aromatic heterocycles. The quantitative estimate of drug-likeness (QED) is 0.732. The summed E-state index contributed by atoms with van der Waals surface area (Å²) >= 11 is 0. The zero-order chi connectivity index (χ0) is 14.0. The molecular weight excluding hydrogens is 244 g/mol. The lowest BCUT2D eigenvalue weighted by atomic mass is 10.0. The molecule has 0 aliphatic carbocycles. The van der Waals surface area contributed by atoms with Crippen LogP contribution in [-0.4, -0.2) is 37.6 Å². The third-order valence-electron chi connectivity index (χ3n) is 4.27. The molecule has 2 heteroatoms. The fourth-order valence-corrected chi connectivity index (χ4v) is 2.85. The molecular formula is C18H30N2. The van der Waals surface area contributed by atoms with Crippen molar-refractivity contribution in [1.82, 2.24) is 10.2 Å². The number of benzene rings is 1. The molecule has 1 heterocycles. The van der Waals surface area contributed by atoms with Crippen molar-refractivity contribution in [3.05, 3.63) is 35.4 Å². The molecule has 0 atom stereocenters. The van der Waals surface area contributed by atoms with Gasteiger partial charge in [0.2, 0.25) is 0 Å². The summed E-state index contributed by atoms with van der Waals surface area (Å²) in [5, 5.41) is 3.41. The fraction of sp³-hybridized carbons (Fsp3) is 0.667. The van der Waals surface area contributed by atoms with Gasteiger partial charge in [-0.1, -0.05) is 50.5 Å². The lowest BCUT2D eigenvalue weighted by molar-refractivity contribution is 0.244. The van der Waals surface area contributed by atoms with E-state index in [9.17, 15) is 0 Å². The highest BCUT2D eigenvalue weighted by Crippen LogP contribution is 2.10. The molecule has 1 aromatic rings. The van der Waals surface area contributed by atoms with E-state index in [1.807, 2.05) is 0 Å². The highest BCUT2D eigenvalue weighted by molar-refractivity contribution is 5.22. The van der Waals surface area contributed by atoms with E-state index in [0.717, 1.165) is 13.1 Å². The predicted octanol–water partition coefficient (Wildman–Crippen LogP) is 3.26. The van der Waals surface area contributed by atoms with E-state index >= 15 is 0 Å². The predicted molar refractivity (Wildman–Crippen MR) is 87.3 cm³/mol. The minimum absolute atomic E-state index is 1.15. The number of hydrogen-bond donors (Lipinski definition) is 1. The Morgan fingerprint density at radius 2 is 1.55 bits per heavy atom. The average molecular weight is 274 g/mol. The van der Waals surface area contributed by atoms with E-state index in [1.54, 1.807) is 0 Å². The summed E-state index contributed by atoms with van der Waals surface area (Å²) in [6, 6.07) is 9.33. The van der Waals surface area contributed by atoms with Gasteiger partial charge in [-0.15, -0.1) is 0 Å². The molecule has 1 fully saturated rings. The van der Waals surface area contributed by atoms with Crippen molar-refractivity contribution in [3.63, 3.8) is 0 Å². The Balaban J connectivity index is 1.68. The molecule has 0 bridgehead atoms. The van der Waals surface area contributed by atoms with Crippen LogP contribution in [0.15, 0.2) is 24.3 Å². The van der Waals surface area contributed by atoms with E-state index in [-0.39, 0.29) is 0 Å². The van der Waals surface area contributed by atoms with Crippen LogP contribution in [0.1, 0.15) is 43.7 Å². The van der Waals surface area contributed by atoms with Crippen molar-refractivity contribution < 1.29 is 0 Å². The minimum atomic E-state index is 1.15. The maximum atomic E-state index is 3.41. The van der Waals surface area contributed by atoms with Crippen LogP contribution >= 0.6 is 0 Å². The van der Waals surface area contributed by atoms with E-state index in [0.29, 0.717) is 0 Å². The number of hydrogen-bond acceptors (Lipinski definition) is 2. The summed E-state index contributed by atoms with van der Waals surface area (Å²) in [7, 11) is 0. The second kappa shape index (κ2) is 9.15. The topological polar surface area (TPSA) is 15.3 Å². The molecule has 112 valence electrons. The van der Waals surface area contributed by atoms with Crippen molar-refractivity contribution >= 4 is 0 Å². The molecule has 1 aromatic carbocycles. The van der Waals surface area contributed by atoms with Crippen LogP contribution in [0.25, 0.3) is 0 Å².